The maximum Gasteiger partial charge on any atom is 0.313 e. The van der Waals surface area contributed by atoms with E-state index in [9.17, 15) is 24.3 Å². The van der Waals surface area contributed by atoms with E-state index in [0.717, 1.165) is 32.1 Å². The molecule has 0 aromatic carbocycles. The fourth-order valence-electron chi connectivity index (χ4n) is 6.72. The van der Waals surface area contributed by atoms with Crippen LogP contribution in [0.25, 0.3) is 0 Å². The lowest BCUT2D eigenvalue weighted by Crippen LogP contribution is -2.58. The van der Waals surface area contributed by atoms with Crippen molar-refractivity contribution in [1.82, 2.24) is 15.1 Å². The molecule has 1 aliphatic carbocycles. The average Bonchev–Trinajstić information content (AvgIpc) is 3.52. The Kier molecular flexibility index (Phi) is 7.40. The molecule has 2 saturated heterocycles. The van der Waals surface area contributed by atoms with Gasteiger partial charge in [0.05, 0.1) is 25.2 Å². The molecule has 5 bridgehead atoms. The van der Waals surface area contributed by atoms with Gasteiger partial charge in [-0.05, 0) is 26.2 Å². The van der Waals surface area contributed by atoms with Crippen molar-refractivity contribution in [3.8, 4) is 0 Å². The predicted octanol–water partition coefficient (Wildman–Crippen LogP) is 0.689. The van der Waals surface area contributed by atoms with Gasteiger partial charge in [-0.2, -0.15) is 0 Å². The molecule has 1 saturated carbocycles. The van der Waals surface area contributed by atoms with E-state index in [2.05, 4.69) is 5.32 Å². The SMILES string of the molecule is C[C@@H]1CNC(=O)CC/C=C\CN(C2CCCCC2)C(=O)[C@@H]2N(CCO)C(=O)[C@H]3[C@H](C(=O)O1)[C@@H]1C=C[C@]23O1. The zero-order valence-corrected chi connectivity index (χ0v) is 21.3. The summed E-state index contributed by atoms with van der Waals surface area (Å²) in [5.74, 6) is -3.12. The molecule has 202 valence electrons. The lowest BCUT2D eigenvalue weighted by molar-refractivity contribution is -0.158. The summed E-state index contributed by atoms with van der Waals surface area (Å²) in [6.45, 7) is 1.89. The van der Waals surface area contributed by atoms with E-state index in [1.54, 1.807) is 19.1 Å². The number of β-amino-alcohol motifs (C(OH)–C–C–N with tert-alkyl or cyclic N) is 1. The van der Waals surface area contributed by atoms with Gasteiger partial charge in [0.25, 0.3) is 0 Å². The number of carbonyl (C=O) groups excluding carboxylic acids is 4. The molecule has 5 rings (SSSR count). The first-order valence-corrected chi connectivity index (χ1v) is 13.6. The highest BCUT2D eigenvalue weighted by atomic mass is 16.6. The Labute approximate surface area is 217 Å². The summed E-state index contributed by atoms with van der Waals surface area (Å²) in [6, 6.07) is -0.940. The standard InChI is InChI=1S/C27H37N3O7/c1-17-16-28-20(32)10-6-3-7-13-29(18-8-4-2-5-9-18)25(34)23-27-12-11-19(37-27)21(26(35)36-17)22(27)24(33)30(23)14-15-31/h3,7,11-12,17-19,21-23,31H,2,4-6,8-10,13-16H2,1H3,(H,28,32)/b7-3-/t17-,19+,21-,22-,23+,27-/m1/s1. The summed E-state index contributed by atoms with van der Waals surface area (Å²) in [7, 11) is 0. The summed E-state index contributed by atoms with van der Waals surface area (Å²) in [5, 5.41) is 12.6. The number of fused-ring (bicyclic) bond motifs is 2. The van der Waals surface area contributed by atoms with Gasteiger partial charge in [-0.25, -0.2) is 0 Å². The normalized spacial score (nSPS) is 38.1. The van der Waals surface area contributed by atoms with Gasteiger partial charge in [0, 0.05) is 25.6 Å². The Morgan fingerprint density at radius 1 is 1.11 bits per heavy atom. The molecule has 3 amide bonds. The highest BCUT2D eigenvalue weighted by molar-refractivity contribution is 5.99. The summed E-state index contributed by atoms with van der Waals surface area (Å²) in [6.07, 6.45) is 11.9. The predicted molar refractivity (Wildman–Crippen MR) is 132 cm³/mol. The number of rotatable bonds is 3. The topological polar surface area (TPSA) is 125 Å². The van der Waals surface area contributed by atoms with Crippen LogP contribution in [-0.2, 0) is 28.7 Å². The summed E-state index contributed by atoms with van der Waals surface area (Å²) < 4.78 is 12.0. The van der Waals surface area contributed by atoms with Crippen LogP contribution in [0.3, 0.4) is 0 Å². The Morgan fingerprint density at radius 3 is 2.65 bits per heavy atom. The number of likely N-dealkylation sites (tertiary alicyclic amines) is 1. The molecule has 37 heavy (non-hydrogen) atoms. The van der Waals surface area contributed by atoms with E-state index in [0.29, 0.717) is 19.4 Å². The van der Waals surface area contributed by atoms with Gasteiger partial charge in [-0.15, -0.1) is 0 Å². The van der Waals surface area contributed by atoms with Crippen LogP contribution < -0.4 is 5.32 Å². The number of carbonyl (C=O) groups is 4. The molecule has 0 unspecified atom stereocenters. The van der Waals surface area contributed by atoms with E-state index in [4.69, 9.17) is 9.47 Å². The highest BCUT2D eigenvalue weighted by Crippen LogP contribution is 2.55. The Balaban J connectivity index is 1.54. The van der Waals surface area contributed by atoms with E-state index < -0.39 is 41.7 Å². The molecule has 4 heterocycles. The number of amides is 3. The van der Waals surface area contributed by atoms with E-state index >= 15 is 0 Å². The second kappa shape index (κ2) is 10.6. The molecule has 3 fully saturated rings. The fourth-order valence-corrected chi connectivity index (χ4v) is 6.72. The molecule has 5 aliphatic rings. The Hall–Kier alpha value is -2.72. The van der Waals surface area contributed by atoms with Gasteiger partial charge in [-0.1, -0.05) is 43.6 Å². The molecule has 0 aromatic heterocycles. The van der Waals surface area contributed by atoms with Crippen molar-refractivity contribution < 1.29 is 33.8 Å². The molecule has 4 aliphatic heterocycles. The minimum absolute atomic E-state index is 0.0199. The molecule has 10 heteroatoms. The number of aliphatic hydroxyl groups excluding tert-OH is 1. The van der Waals surface area contributed by atoms with Gasteiger partial charge in [0.15, 0.2) is 0 Å². The summed E-state index contributed by atoms with van der Waals surface area (Å²) >= 11 is 0. The number of ether oxygens (including phenoxy) is 2. The second-order valence-electron chi connectivity index (χ2n) is 10.8. The van der Waals surface area contributed by atoms with Crippen LogP contribution in [0.15, 0.2) is 24.3 Å². The van der Waals surface area contributed by atoms with E-state index in [1.165, 1.54) is 4.90 Å². The molecule has 0 radical (unpaired) electrons. The van der Waals surface area contributed by atoms with Crippen molar-refractivity contribution in [2.75, 3.05) is 26.2 Å². The number of allylic oxidation sites excluding steroid dienone is 1. The third-order valence-corrected chi connectivity index (χ3v) is 8.43. The molecule has 0 aromatic rings. The molecule has 10 nitrogen and oxygen atoms in total. The molecular weight excluding hydrogens is 478 g/mol. The number of hydrogen-bond acceptors (Lipinski definition) is 7. The monoisotopic (exact) mass is 515 g/mol. The smallest absolute Gasteiger partial charge is 0.313 e. The first-order valence-electron chi connectivity index (χ1n) is 13.6. The second-order valence-corrected chi connectivity index (χ2v) is 10.8. The number of aliphatic hydroxyl groups is 1. The van der Waals surface area contributed by atoms with Gasteiger partial charge < -0.3 is 29.7 Å². The molecule has 6 atom stereocenters. The lowest BCUT2D eigenvalue weighted by Gasteiger charge is -2.40. The van der Waals surface area contributed by atoms with Crippen LogP contribution >= 0.6 is 0 Å². The fraction of sp³-hybridized carbons (Fsp3) is 0.704. The molecular formula is C27H37N3O7. The maximum absolute atomic E-state index is 14.4. The largest absolute Gasteiger partial charge is 0.460 e. The molecule has 1 spiro atoms. The van der Waals surface area contributed by atoms with Gasteiger partial charge in [0.2, 0.25) is 17.7 Å². The van der Waals surface area contributed by atoms with E-state index in [1.807, 2.05) is 17.1 Å². The number of nitrogens with zero attached hydrogens (tertiary/aromatic N) is 2. The van der Waals surface area contributed by atoms with Crippen LogP contribution in [0, 0.1) is 11.8 Å². The summed E-state index contributed by atoms with van der Waals surface area (Å²) in [5.41, 5.74) is -1.28. The van der Waals surface area contributed by atoms with E-state index in [-0.39, 0.29) is 43.5 Å². The van der Waals surface area contributed by atoms with Gasteiger partial charge in [0.1, 0.15) is 23.7 Å². The Bertz CT molecular complexity index is 990. The number of esters is 1. The van der Waals surface area contributed by atoms with Crippen LogP contribution in [-0.4, -0.2) is 94.7 Å². The van der Waals surface area contributed by atoms with Crippen LogP contribution in [0.4, 0.5) is 0 Å². The van der Waals surface area contributed by atoms with Crippen molar-refractivity contribution in [3.63, 3.8) is 0 Å². The number of cyclic esters (lactones) is 1. The Morgan fingerprint density at radius 2 is 1.89 bits per heavy atom. The highest BCUT2D eigenvalue weighted by Gasteiger charge is 2.73. The third kappa shape index (κ3) is 4.58. The maximum atomic E-state index is 14.4. The first kappa shape index (κ1) is 25.9. The van der Waals surface area contributed by atoms with Gasteiger partial charge >= 0.3 is 5.97 Å². The minimum Gasteiger partial charge on any atom is -0.460 e. The number of nitrogens with one attached hydrogen (secondary N) is 1. The van der Waals surface area contributed by atoms with Crippen molar-refractivity contribution in [2.45, 2.75) is 81.8 Å². The zero-order valence-electron chi connectivity index (χ0n) is 21.3. The first-order chi connectivity index (χ1) is 17.9. The average molecular weight is 516 g/mol. The lowest BCUT2D eigenvalue weighted by atomic mass is 9.74. The number of hydrogen-bond donors (Lipinski definition) is 2. The van der Waals surface area contributed by atoms with Crippen molar-refractivity contribution in [1.29, 1.82) is 0 Å². The zero-order chi connectivity index (χ0) is 26.2. The van der Waals surface area contributed by atoms with Crippen LogP contribution in [0.5, 0.6) is 0 Å². The van der Waals surface area contributed by atoms with Crippen molar-refractivity contribution >= 4 is 23.7 Å². The van der Waals surface area contributed by atoms with Crippen molar-refractivity contribution in [3.05, 3.63) is 24.3 Å². The van der Waals surface area contributed by atoms with Gasteiger partial charge in [-0.3, -0.25) is 19.2 Å². The molecule has 2 N–H and O–H groups in total. The van der Waals surface area contributed by atoms with Crippen LogP contribution in [0.1, 0.15) is 51.9 Å². The van der Waals surface area contributed by atoms with Crippen molar-refractivity contribution in [2.24, 2.45) is 11.8 Å². The van der Waals surface area contributed by atoms with Crippen LogP contribution in [0.2, 0.25) is 0 Å². The third-order valence-electron chi connectivity index (χ3n) is 8.43. The minimum atomic E-state index is -1.28. The summed E-state index contributed by atoms with van der Waals surface area (Å²) in [4.78, 5) is 56.9. The quantitative estimate of drug-likeness (QED) is 0.418.